The van der Waals surface area contributed by atoms with Crippen molar-refractivity contribution in [2.24, 2.45) is 0 Å². The Balaban J connectivity index is 2.57. The summed E-state index contributed by atoms with van der Waals surface area (Å²) in [5, 5.41) is 2.63. The Morgan fingerprint density at radius 3 is 2.64 bits per heavy atom. The second kappa shape index (κ2) is 9.92. The number of esters is 1. The van der Waals surface area contributed by atoms with E-state index in [0.29, 0.717) is 19.6 Å². The normalized spacial score (nSPS) is 11.8. The summed E-state index contributed by atoms with van der Waals surface area (Å²) in [7, 11) is 2.85. The number of aryl methyl sites for hydroxylation is 1. The molecule has 1 rings (SSSR count). The van der Waals surface area contributed by atoms with Crippen LogP contribution in [0.25, 0.3) is 0 Å². The summed E-state index contributed by atoms with van der Waals surface area (Å²) in [5.41, 5.74) is 2.05. The lowest BCUT2D eigenvalue weighted by molar-refractivity contribution is -0.145. The van der Waals surface area contributed by atoms with Crippen molar-refractivity contribution >= 4 is 11.9 Å². The van der Waals surface area contributed by atoms with E-state index in [2.05, 4.69) is 5.32 Å². The second-order valence-electron chi connectivity index (χ2n) is 4.88. The van der Waals surface area contributed by atoms with E-state index >= 15 is 0 Å². The zero-order valence-electron chi connectivity index (χ0n) is 13.3. The molecule has 0 unspecified atom stereocenters. The maximum Gasteiger partial charge on any atom is 0.328 e. The molecule has 0 fully saturated rings. The lowest BCUT2D eigenvalue weighted by atomic mass is 10.0. The molecule has 6 heteroatoms. The average Bonchev–Trinajstić information content (AvgIpc) is 2.50. The molecule has 0 bridgehead atoms. The molecule has 22 heavy (non-hydrogen) atoms. The number of hydrogen-bond donors (Lipinski definition) is 1. The zero-order chi connectivity index (χ0) is 16.4. The van der Waals surface area contributed by atoms with Gasteiger partial charge in [0.15, 0.2) is 0 Å². The van der Waals surface area contributed by atoms with E-state index in [4.69, 9.17) is 14.2 Å². The summed E-state index contributed by atoms with van der Waals surface area (Å²) in [6.07, 6.45) is 0.373. The van der Waals surface area contributed by atoms with E-state index in [0.717, 1.165) is 11.1 Å². The van der Waals surface area contributed by atoms with Gasteiger partial charge in [-0.3, -0.25) is 4.79 Å². The van der Waals surface area contributed by atoms with Crippen molar-refractivity contribution in [1.29, 1.82) is 0 Å². The summed E-state index contributed by atoms with van der Waals surface area (Å²) >= 11 is 0. The largest absolute Gasteiger partial charge is 0.467 e. The molecule has 0 saturated heterocycles. The third-order valence-electron chi connectivity index (χ3n) is 3.01. The molecule has 0 saturated carbocycles. The topological polar surface area (TPSA) is 73.9 Å². The molecule has 0 aliphatic carbocycles. The Kier molecular flexibility index (Phi) is 8.17. The van der Waals surface area contributed by atoms with Crippen LogP contribution in [-0.2, 0) is 30.2 Å². The van der Waals surface area contributed by atoms with Crippen LogP contribution in [0.1, 0.15) is 11.1 Å². The van der Waals surface area contributed by atoms with E-state index < -0.39 is 12.0 Å². The molecule has 0 heterocycles. The number of carbonyl (C=O) groups is 2. The Hall–Kier alpha value is -1.92. The number of nitrogens with one attached hydrogen (secondary N) is 1. The highest BCUT2D eigenvalue weighted by Gasteiger charge is 2.21. The lowest BCUT2D eigenvalue weighted by Crippen LogP contribution is -2.44. The van der Waals surface area contributed by atoms with Crippen molar-refractivity contribution in [2.45, 2.75) is 19.4 Å². The van der Waals surface area contributed by atoms with Gasteiger partial charge in [0.1, 0.15) is 12.6 Å². The van der Waals surface area contributed by atoms with Crippen LogP contribution in [0.3, 0.4) is 0 Å². The van der Waals surface area contributed by atoms with Gasteiger partial charge in [-0.15, -0.1) is 0 Å². The van der Waals surface area contributed by atoms with Gasteiger partial charge in [0.25, 0.3) is 0 Å². The van der Waals surface area contributed by atoms with Crippen LogP contribution in [0, 0.1) is 6.92 Å². The van der Waals surface area contributed by atoms with Gasteiger partial charge in [0.05, 0.1) is 20.3 Å². The van der Waals surface area contributed by atoms with Crippen LogP contribution in [0.4, 0.5) is 0 Å². The molecule has 1 amide bonds. The summed E-state index contributed by atoms with van der Waals surface area (Å²) in [6, 6.07) is 7.03. The van der Waals surface area contributed by atoms with Crippen molar-refractivity contribution in [2.75, 3.05) is 34.0 Å². The first-order valence-corrected chi connectivity index (χ1v) is 7.06. The Morgan fingerprint density at radius 1 is 1.23 bits per heavy atom. The van der Waals surface area contributed by atoms with E-state index in [-0.39, 0.29) is 12.5 Å². The lowest BCUT2D eigenvalue weighted by Gasteiger charge is -2.17. The number of hydrogen-bond acceptors (Lipinski definition) is 5. The first-order chi connectivity index (χ1) is 10.6. The molecule has 0 aromatic heterocycles. The molecule has 0 spiro atoms. The summed E-state index contributed by atoms with van der Waals surface area (Å²) < 4.78 is 14.7. The minimum absolute atomic E-state index is 0.120. The first kappa shape index (κ1) is 18.1. The van der Waals surface area contributed by atoms with Crippen molar-refractivity contribution in [3.63, 3.8) is 0 Å². The number of benzene rings is 1. The van der Waals surface area contributed by atoms with E-state index in [1.165, 1.54) is 7.11 Å². The standard InChI is InChI=1S/C16H23NO5/c1-12-5-4-6-13(9-12)10-14(16(19)21-3)17-15(18)11-22-8-7-20-2/h4-6,9,14H,7-8,10-11H2,1-3H3,(H,17,18)/t14-/m0/s1. The van der Waals surface area contributed by atoms with Crippen molar-refractivity contribution < 1.29 is 23.8 Å². The van der Waals surface area contributed by atoms with Crippen LogP contribution in [0.2, 0.25) is 0 Å². The van der Waals surface area contributed by atoms with Gasteiger partial charge in [0.2, 0.25) is 5.91 Å². The summed E-state index contributed by atoms with van der Waals surface area (Å²) in [5.74, 6) is -0.842. The number of ether oxygens (including phenoxy) is 3. The second-order valence-corrected chi connectivity index (χ2v) is 4.88. The van der Waals surface area contributed by atoms with Crippen LogP contribution >= 0.6 is 0 Å². The Morgan fingerprint density at radius 2 is 2.00 bits per heavy atom. The third kappa shape index (κ3) is 6.69. The van der Waals surface area contributed by atoms with Crippen LogP contribution in [0.15, 0.2) is 24.3 Å². The van der Waals surface area contributed by atoms with Gasteiger partial charge in [-0.25, -0.2) is 4.79 Å². The molecule has 0 aliphatic rings. The molecule has 1 aromatic rings. The number of carbonyl (C=O) groups excluding carboxylic acids is 2. The Bertz CT molecular complexity index is 489. The SMILES string of the molecule is COCCOCC(=O)N[C@@H](Cc1cccc(C)c1)C(=O)OC. The van der Waals surface area contributed by atoms with E-state index in [9.17, 15) is 9.59 Å². The first-order valence-electron chi connectivity index (χ1n) is 7.06. The van der Waals surface area contributed by atoms with Gasteiger partial charge in [-0.05, 0) is 12.5 Å². The van der Waals surface area contributed by atoms with Crippen molar-refractivity contribution in [3.8, 4) is 0 Å². The average molecular weight is 309 g/mol. The number of amides is 1. The van der Waals surface area contributed by atoms with Gasteiger partial charge >= 0.3 is 5.97 Å². The highest BCUT2D eigenvalue weighted by Crippen LogP contribution is 2.08. The highest BCUT2D eigenvalue weighted by atomic mass is 16.5. The van der Waals surface area contributed by atoms with Crippen LogP contribution < -0.4 is 5.32 Å². The molecule has 6 nitrogen and oxygen atoms in total. The van der Waals surface area contributed by atoms with Crippen molar-refractivity contribution in [1.82, 2.24) is 5.32 Å². The minimum Gasteiger partial charge on any atom is -0.467 e. The van der Waals surface area contributed by atoms with E-state index in [1.807, 2.05) is 31.2 Å². The number of methoxy groups -OCH3 is 2. The van der Waals surface area contributed by atoms with Crippen LogP contribution in [-0.4, -0.2) is 52.0 Å². The molecule has 1 N–H and O–H groups in total. The van der Waals surface area contributed by atoms with Gasteiger partial charge in [-0.2, -0.15) is 0 Å². The van der Waals surface area contributed by atoms with Gasteiger partial charge in [0, 0.05) is 13.5 Å². The van der Waals surface area contributed by atoms with E-state index in [1.54, 1.807) is 7.11 Å². The molecule has 1 atom stereocenters. The molecular formula is C16H23NO5. The van der Waals surface area contributed by atoms with Crippen molar-refractivity contribution in [3.05, 3.63) is 35.4 Å². The fourth-order valence-electron chi connectivity index (χ4n) is 1.95. The summed E-state index contributed by atoms with van der Waals surface area (Å²) in [4.78, 5) is 23.6. The monoisotopic (exact) mass is 309 g/mol. The Labute approximate surface area is 130 Å². The molecule has 122 valence electrons. The molecule has 0 radical (unpaired) electrons. The zero-order valence-corrected chi connectivity index (χ0v) is 13.3. The van der Waals surface area contributed by atoms with Crippen LogP contribution in [0.5, 0.6) is 0 Å². The molecule has 1 aromatic carbocycles. The molecule has 0 aliphatic heterocycles. The predicted molar refractivity (Wildman–Crippen MR) is 81.5 cm³/mol. The summed E-state index contributed by atoms with van der Waals surface area (Å²) in [6.45, 7) is 2.59. The molecular weight excluding hydrogens is 286 g/mol. The van der Waals surface area contributed by atoms with Gasteiger partial charge in [-0.1, -0.05) is 29.8 Å². The quantitative estimate of drug-likeness (QED) is 0.541. The third-order valence-corrected chi connectivity index (χ3v) is 3.01. The van der Waals surface area contributed by atoms with Gasteiger partial charge < -0.3 is 19.5 Å². The maximum atomic E-state index is 11.8. The smallest absolute Gasteiger partial charge is 0.328 e. The minimum atomic E-state index is -0.731. The fourth-order valence-corrected chi connectivity index (χ4v) is 1.95. The fraction of sp³-hybridized carbons (Fsp3) is 0.500. The highest BCUT2D eigenvalue weighted by molar-refractivity contribution is 5.85. The number of rotatable bonds is 9. The maximum absolute atomic E-state index is 11.8. The predicted octanol–water partition coefficient (Wildman–Crippen LogP) is 0.858.